The molecule has 1 rings (SSSR count). The SMILES string of the molecule is CC1=C(/C=C/C(C)=C/C=C/C(C)=C/C=[NH+]C(C)(C)C)C(C)(C)CCC1. The van der Waals surface area contributed by atoms with E-state index >= 15 is 0 Å². The van der Waals surface area contributed by atoms with Gasteiger partial charge >= 0.3 is 0 Å². The van der Waals surface area contributed by atoms with Gasteiger partial charge in [-0.2, -0.15) is 0 Å². The van der Waals surface area contributed by atoms with Crippen LogP contribution in [0.5, 0.6) is 0 Å². The monoisotopic (exact) mass is 340 g/mol. The number of nitrogens with one attached hydrogen (secondary N) is 1. The van der Waals surface area contributed by atoms with Crippen molar-refractivity contribution in [1.29, 1.82) is 0 Å². The van der Waals surface area contributed by atoms with Gasteiger partial charge in [-0.05, 0) is 77.4 Å². The molecule has 1 nitrogen and oxygen atoms in total. The van der Waals surface area contributed by atoms with Crippen LogP contribution in [0, 0.1) is 5.41 Å². The van der Waals surface area contributed by atoms with Gasteiger partial charge in [0.1, 0.15) is 0 Å². The molecule has 0 aromatic heterocycles. The molecule has 0 aromatic carbocycles. The Balaban J connectivity index is 2.73. The molecule has 0 saturated carbocycles. The van der Waals surface area contributed by atoms with Crippen molar-refractivity contribution in [1.82, 2.24) is 0 Å². The second-order valence-electron chi connectivity index (χ2n) is 9.01. The van der Waals surface area contributed by atoms with Crippen molar-refractivity contribution >= 4 is 6.21 Å². The summed E-state index contributed by atoms with van der Waals surface area (Å²) in [5.41, 5.74) is 6.01. The van der Waals surface area contributed by atoms with Crippen molar-refractivity contribution in [3.8, 4) is 0 Å². The topological polar surface area (TPSA) is 14.0 Å². The van der Waals surface area contributed by atoms with Gasteiger partial charge < -0.3 is 0 Å². The minimum atomic E-state index is 0.113. The van der Waals surface area contributed by atoms with E-state index in [0.717, 1.165) is 0 Å². The maximum atomic E-state index is 3.35. The third-order valence-electron chi connectivity index (χ3n) is 4.64. The number of hydrogen-bond acceptors (Lipinski definition) is 0. The molecule has 0 aromatic rings. The van der Waals surface area contributed by atoms with E-state index in [-0.39, 0.29) is 5.54 Å². The van der Waals surface area contributed by atoms with Crippen molar-refractivity contribution in [3.05, 3.63) is 58.7 Å². The molecular formula is C24H38N+. The number of allylic oxidation sites excluding steroid dienone is 10. The molecule has 1 heteroatoms. The van der Waals surface area contributed by atoms with Crippen molar-refractivity contribution in [2.24, 2.45) is 5.41 Å². The number of rotatable bonds is 5. The summed E-state index contributed by atoms with van der Waals surface area (Å²) in [4.78, 5) is 3.35. The summed E-state index contributed by atoms with van der Waals surface area (Å²) in [6.07, 6.45) is 19.0. The van der Waals surface area contributed by atoms with Gasteiger partial charge in [-0.3, -0.25) is 0 Å². The molecule has 0 saturated heterocycles. The Hall–Kier alpha value is -1.63. The van der Waals surface area contributed by atoms with E-state index < -0.39 is 0 Å². The van der Waals surface area contributed by atoms with Crippen LogP contribution < -0.4 is 4.99 Å². The van der Waals surface area contributed by atoms with Gasteiger partial charge in [0, 0.05) is 6.08 Å². The Morgan fingerprint density at radius 2 is 1.68 bits per heavy atom. The lowest BCUT2D eigenvalue weighted by Gasteiger charge is -2.32. The predicted molar refractivity (Wildman–Crippen MR) is 113 cm³/mol. The van der Waals surface area contributed by atoms with E-state index in [1.54, 1.807) is 5.57 Å². The zero-order chi connectivity index (χ0) is 19.1. The van der Waals surface area contributed by atoms with Crippen molar-refractivity contribution in [2.75, 3.05) is 0 Å². The quantitative estimate of drug-likeness (QED) is 0.504. The zero-order valence-corrected chi connectivity index (χ0v) is 17.7. The third kappa shape index (κ3) is 8.34. The smallest absolute Gasteiger partial charge is 0.162 e. The molecular weight excluding hydrogens is 302 g/mol. The first kappa shape index (κ1) is 21.4. The van der Waals surface area contributed by atoms with E-state index in [0.29, 0.717) is 5.41 Å². The van der Waals surface area contributed by atoms with Crippen LogP contribution >= 0.6 is 0 Å². The standard InChI is InChI=1S/C24H37N/c1-19(11-9-12-20(2)16-18-25-23(4,5)6)14-15-22-21(3)13-10-17-24(22,7)8/h9,11-12,14-16,18H,10,13,17H2,1-8H3/p+1/b12-9+,15-14+,19-11+,20-16+,25-18?. The van der Waals surface area contributed by atoms with Gasteiger partial charge in [-0.25, -0.2) is 4.99 Å². The van der Waals surface area contributed by atoms with Crippen molar-refractivity contribution in [2.45, 2.75) is 80.2 Å². The molecule has 25 heavy (non-hydrogen) atoms. The highest BCUT2D eigenvalue weighted by Gasteiger charge is 2.26. The molecule has 1 aliphatic rings. The Morgan fingerprint density at radius 3 is 2.28 bits per heavy atom. The van der Waals surface area contributed by atoms with Gasteiger partial charge in [-0.15, -0.1) is 0 Å². The molecule has 0 heterocycles. The summed E-state index contributed by atoms with van der Waals surface area (Å²) < 4.78 is 0. The van der Waals surface area contributed by atoms with Crippen LogP contribution in [0.1, 0.15) is 74.7 Å². The van der Waals surface area contributed by atoms with Crippen LogP contribution in [0.15, 0.2) is 58.7 Å². The van der Waals surface area contributed by atoms with Gasteiger partial charge in [0.25, 0.3) is 0 Å². The van der Waals surface area contributed by atoms with Crippen LogP contribution in [0.3, 0.4) is 0 Å². The summed E-state index contributed by atoms with van der Waals surface area (Å²) >= 11 is 0. The fourth-order valence-electron chi connectivity index (χ4n) is 3.11. The Kier molecular flexibility index (Phi) is 7.86. The Labute approximate surface area is 156 Å². The highest BCUT2D eigenvalue weighted by atomic mass is 14.8. The fraction of sp³-hybridized carbons (Fsp3) is 0.542. The molecule has 1 aliphatic carbocycles. The lowest BCUT2D eigenvalue weighted by molar-refractivity contribution is -0.533. The molecule has 0 unspecified atom stereocenters. The molecule has 0 bridgehead atoms. The van der Waals surface area contributed by atoms with E-state index in [1.165, 1.54) is 36.0 Å². The summed E-state index contributed by atoms with van der Waals surface area (Å²) in [5, 5.41) is 0. The molecule has 0 aliphatic heterocycles. The summed E-state index contributed by atoms with van der Waals surface area (Å²) in [7, 11) is 0. The highest BCUT2D eigenvalue weighted by Crippen LogP contribution is 2.40. The minimum absolute atomic E-state index is 0.113. The largest absolute Gasteiger partial charge is 0.244 e. The van der Waals surface area contributed by atoms with Crippen LogP contribution in [0.25, 0.3) is 0 Å². The summed E-state index contributed by atoms with van der Waals surface area (Å²) in [5.74, 6) is 0. The molecule has 0 fully saturated rings. The molecule has 138 valence electrons. The minimum Gasteiger partial charge on any atom is -0.244 e. The van der Waals surface area contributed by atoms with Gasteiger partial charge in [-0.1, -0.05) is 55.4 Å². The normalized spacial score (nSPS) is 20.5. The highest BCUT2D eigenvalue weighted by molar-refractivity contribution is 5.67. The van der Waals surface area contributed by atoms with Crippen LogP contribution in [-0.4, -0.2) is 11.8 Å². The van der Waals surface area contributed by atoms with Crippen molar-refractivity contribution in [3.63, 3.8) is 0 Å². The molecule has 0 spiro atoms. The third-order valence-corrected chi connectivity index (χ3v) is 4.64. The fourth-order valence-corrected chi connectivity index (χ4v) is 3.11. The first-order valence-corrected chi connectivity index (χ1v) is 9.52. The first-order chi connectivity index (χ1) is 11.5. The summed E-state index contributed by atoms with van der Waals surface area (Å²) in [6, 6.07) is 0. The maximum Gasteiger partial charge on any atom is 0.162 e. The van der Waals surface area contributed by atoms with E-state index in [1.807, 2.05) is 6.21 Å². The molecule has 0 radical (unpaired) electrons. The van der Waals surface area contributed by atoms with Crippen LogP contribution in [0.2, 0.25) is 0 Å². The second kappa shape index (κ2) is 9.17. The van der Waals surface area contributed by atoms with Gasteiger partial charge in [0.05, 0.1) is 0 Å². The molecule has 1 N–H and O–H groups in total. The lowest BCUT2D eigenvalue weighted by atomic mass is 9.72. The first-order valence-electron chi connectivity index (χ1n) is 9.52. The van der Waals surface area contributed by atoms with Gasteiger partial charge in [0.15, 0.2) is 11.8 Å². The average molecular weight is 341 g/mol. The lowest BCUT2D eigenvalue weighted by Crippen LogP contribution is -2.81. The van der Waals surface area contributed by atoms with Gasteiger partial charge in [0.2, 0.25) is 0 Å². The number of hydrogen-bond donors (Lipinski definition) is 1. The Morgan fingerprint density at radius 1 is 1.04 bits per heavy atom. The van der Waals surface area contributed by atoms with Crippen molar-refractivity contribution < 1.29 is 4.99 Å². The summed E-state index contributed by atoms with van der Waals surface area (Å²) in [6.45, 7) is 17.8. The molecule has 0 atom stereocenters. The Bertz CT molecular complexity index is 625. The predicted octanol–water partition coefficient (Wildman–Crippen LogP) is 5.47. The average Bonchev–Trinajstić information content (AvgIpc) is 2.44. The van der Waals surface area contributed by atoms with E-state index in [9.17, 15) is 0 Å². The second-order valence-corrected chi connectivity index (χ2v) is 9.01. The van der Waals surface area contributed by atoms with Crippen LogP contribution in [-0.2, 0) is 0 Å². The molecule has 0 amide bonds. The van der Waals surface area contributed by atoms with E-state index in [4.69, 9.17) is 0 Å². The van der Waals surface area contributed by atoms with Crippen LogP contribution in [0.4, 0.5) is 0 Å². The maximum absolute atomic E-state index is 3.35. The zero-order valence-electron chi connectivity index (χ0n) is 17.7. The van der Waals surface area contributed by atoms with E-state index in [2.05, 4.69) is 96.8 Å².